The number of sulfonamides is 1. The highest BCUT2D eigenvalue weighted by Gasteiger charge is 2.23. The van der Waals surface area contributed by atoms with Gasteiger partial charge >= 0.3 is 6.03 Å². The minimum absolute atomic E-state index is 0.000274. The maximum absolute atomic E-state index is 11.7. The number of likely N-dealkylation sites (tertiary alicyclic amines) is 1. The molecule has 0 spiro atoms. The highest BCUT2D eigenvalue weighted by molar-refractivity contribution is 7.89. The Morgan fingerprint density at radius 3 is 2.43 bits per heavy atom. The lowest BCUT2D eigenvalue weighted by Crippen LogP contribution is -2.51. The monoisotopic (exact) mass is 320 g/mol. The lowest BCUT2D eigenvalue weighted by Gasteiger charge is -2.33. The van der Waals surface area contributed by atoms with Crippen molar-refractivity contribution in [1.29, 1.82) is 0 Å². The Balaban J connectivity index is 2.27. The zero-order valence-corrected chi connectivity index (χ0v) is 14.0. The summed E-state index contributed by atoms with van der Waals surface area (Å²) in [6.45, 7) is 8.00. The molecule has 3 N–H and O–H groups in total. The van der Waals surface area contributed by atoms with E-state index in [0.29, 0.717) is 19.1 Å². The number of nitrogens with one attached hydrogen (secondary N) is 3. The van der Waals surface area contributed by atoms with Crippen molar-refractivity contribution in [2.24, 2.45) is 0 Å². The van der Waals surface area contributed by atoms with Crippen LogP contribution in [0.3, 0.4) is 0 Å². The van der Waals surface area contributed by atoms with Crippen molar-refractivity contribution < 1.29 is 13.2 Å². The first-order valence-electron chi connectivity index (χ1n) is 7.64. The number of hydrogen-bond donors (Lipinski definition) is 3. The van der Waals surface area contributed by atoms with E-state index in [1.165, 1.54) is 0 Å². The molecule has 1 atom stereocenters. The maximum Gasteiger partial charge on any atom is 0.317 e. The molecule has 1 saturated heterocycles. The molecule has 2 amide bonds. The first-order valence-corrected chi connectivity index (χ1v) is 9.29. The Morgan fingerprint density at radius 2 is 1.90 bits per heavy atom. The quantitative estimate of drug-likeness (QED) is 0.620. The average Bonchev–Trinajstić information content (AvgIpc) is 2.46. The van der Waals surface area contributed by atoms with Crippen LogP contribution in [0.2, 0.25) is 0 Å². The van der Waals surface area contributed by atoms with Gasteiger partial charge in [0.2, 0.25) is 10.0 Å². The number of carbonyl (C=O) groups excluding carboxylic acids is 1. The number of amides is 2. The van der Waals surface area contributed by atoms with Crippen molar-refractivity contribution >= 4 is 16.1 Å². The van der Waals surface area contributed by atoms with Crippen LogP contribution in [0, 0.1) is 0 Å². The summed E-state index contributed by atoms with van der Waals surface area (Å²) < 4.78 is 25.3. The molecular weight excluding hydrogens is 292 g/mol. The SMILES string of the molecule is CCNC(=O)N1CCC(NC(C)CNS(=O)(=O)CC)CC1. The number of piperidine rings is 1. The Bertz CT molecular complexity index is 419. The van der Waals surface area contributed by atoms with Crippen molar-refractivity contribution in [3.05, 3.63) is 0 Å². The van der Waals surface area contributed by atoms with Crippen molar-refractivity contribution in [1.82, 2.24) is 20.3 Å². The second-order valence-corrected chi connectivity index (χ2v) is 7.51. The third-order valence-electron chi connectivity index (χ3n) is 3.62. The molecule has 124 valence electrons. The third-order valence-corrected chi connectivity index (χ3v) is 4.99. The smallest absolute Gasteiger partial charge is 0.317 e. The van der Waals surface area contributed by atoms with E-state index in [1.807, 2.05) is 18.7 Å². The van der Waals surface area contributed by atoms with Gasteiger partial charge in [0.25, 0.3) is 0 Å². The van der Waals surface area contributed by atoms with Crippen molar-refractivity contribution in [3.63, 3.8) is 0 Å². The molecule has 1 heterocycles. The number of urea groups is 1. The summed E-state index contributed by atoms with van der Waals surface area (Å²) >= 11 is 0. The van der Waals surface area contributed by atoms with Crippen LogP contribution in [0.15, 0.2) is 0 Å². The van der Waals surface area contributed by atoms with Gasteiger partial charge in [0.05, 0.1) is 5.75 Å². The van der Waals surface area contributed by atoms with Gasteiger partial charge in [-0.25, -0.2) is 17.9 Å². The maximum atomic E-state index is 11.7. The predicted octanol–water partition coefficient (Wildman–Crippen LogP) is 0.0977. The first kappa shape index (κ1) is 18.2. The first-order chi connectivity index (χ1) is 9.88. The lowest BCUT2D eigenvalue weighted by atomic mass is 10.0. The van der Waals surface area contributed by atoms with Crippen LogP contribution >= 0.6 is 0 Å². The second kappa shape index (κ2) is 8.55. The molecule has 1 aliphatic rings. The number of nitrogens with zero attached hydrogens (tertiary/aromatic N) is 1. The van der Waals surface area contributed by atoms with Gasteiger partial charge in [0, 0.05) is 38.3 Å². The van der Waals surface area contributed by atoms with E-state index in [1.54, 1.807) is 6.92 Å². The van der Waals surface area contributed by atoms with E-state index < -0.39 is 10.0 Å². The van der Waals surface area contributed by atoms with Crippen molar-refractivity contribution in [3.8, 4) is 0 Å². The van der Waals surface area contributed by atoms with Crippen LogP contribution in [0.5, 0.6) is 0 Å². The van der Waals surface area contributed by atoms with Crippen LogP contribution in [0.1, 0.15) is 33.6 Å². The molecule has 0 bridgehead atoms. The van der Waals surface area contributed by atoms with E-state index in [-0.39, 0.29) is 17.8 Å². The Labute approximate surface area is 127 Å². The molecule has 0 aromatic rings. The molecular formula is C13H28N4O3S. The molecule has 1 fully saturated rings. The number of hydrogen-bond acceptors (Lipinski definition) is 4. The summed E-state index contributed by atoms with van der Waals surface area (Å²) in [6.07, 6.45) is 1.78. The molecule has 1 aliphatic heterocycles. The number of rotatable bonds is 7. The molecule has 0 saturated carbocycles. The molecule has 1 unspecified atom stereocenters. The summed E-state index contributed by atoms with van der Waals surface area (Å²) in [6, 6.07) is 0.406. The van der Waals surface area contributed by atoms with Crippen LogP contribution < -0.4 is 15.4 Å². The average molecular weight is 320 g/mol. The van der Waals surface area contributed by atoms with Gasteiger partial charge in [0.15, 0.2) is 0 Å². The summed E-state index contributed by atoms with van der Waals surface area (Å²) in [5, 5.41) is 6.23. The summed E-state index contributed by atoms with van der Waals surface area (Å²) in [7, 11) is -3.13. The van der Waals surface area contributed by atoms with E-state index in [4.69, 9.17) is 0 Å². The van der Waals surface area contributed by atoms with E-state index >= 15 is 0 Å². The van der Waals surface area contributed by atoms with E-state index in [2.05, 4.69) is 15.4 Å². The van der Waals surface area contributed by atoms with Gasteiger partial charge < -0.3 is 15.5 Å². The van der Waals surface area contributed by atoms with Crippen LogP contribution in [0.4, 0.5) is 4.79 Å². The van der Waals surface area contributed by atoms with Gasteiger partial charge in [0.1, 0.15) is 0 Å². The predicted molar refractivity (Wildman–Crippen MR) is 83.7 cm³/mol. The van der Waals surface area contributed by atoms with Gasteiger partial charge in [-0.2, -0.15) is 0 Å². The van der Waals surface area contributed by atoms with E-state index in [9.17, 15) is 13.2 Å². The minimum Gasteiger partial charge on any atom is -0.338 e. The fourth-order valence-electron chi connectivity index (χ4n) is 2.33. The zero-order chi connectivity index (χ0) is 15.9. The highest BCUT2D eigenvalue weighted by atomic mass is 32.2. The molecule has 0 radical (unpaired) electrons. The summed E-state index contributed by atoms with van der Waals surface area (Å²) in [5.74, 6) is 0.102. The molecule has 8 heteroatoms. The molecule has 0 aliphatic carbocycles. The fourth-order valence-corrected chi connectivity index (χ4v) is 3.04. The van der Waals surface area contributed by atoms with Gasteiger partial charge in [-0.15, -0.1) is 0 Å². The second-order valence-electron chi connectivity index (χ2n) is 5.42. The van der Waals surface area contributed by atoms with Crippen LogP contribution in [-0.2, 0) is 10.0 Å². The molecule has 1 rings (SSSR count). The Morgan fingerprint density at radius 1 is 1.29 bits per heavy atom. The molecule has 7 nitrogen and oxygen atoms in total. The third kappa shape index (κ3) is 6.62. The summed E-state index contributed by atoms with van der Waals surface area (Å²) in [4.78, 5) is 13.5. The standard InChI is InChI=1S/C13H28N4O3S/c1-4-14-13(18)17-8-6-12(7-9-17)16-11(3)10-15-21(19,20)5-2/h11-12,15-16H,4-10H2,1-3H3,(H,14,18). The molecule has 0 aromatic heterocycles. The topological polar surface area (TPSA) is 90.5 Å². The minimum atomic E-state index is -3.13. The zero-order valence-electron chi connectivity index (χ0n) is 13.2. The lowest BCUT2D eigenvalue weighted by molar-refractivity contribution is 0.175. The highest BCUT2D eigenvalue weighted by Crippen LogP contribution is 2.11. The fraction of sp³-hybridized carbons (Fsp3) is 0.923. The largest absolute Gasteiger partial charge is 0.338 e. The normalized spacial score (nSPS) is 18.5. The summed E-state index contributed by atoms with van der Waals surface area (Å²) in [5.41, 5.74) is 0. The molecule has 21 heavy (non-hydrogen) atoms. The van der Waals surface area contributed by atoms with Crippen LogP contribution in [0.25, 0.3) is 0 Å². The van der Waals surface area contributed by atoms with Crippen molar-refractivity contribution in [2.75, 3.05) is 31.9 Å². The van der Waals surface area contributed by atoms with Crippen molar-refractivity contribution in [2.45, 2.75) is 45.7 Å². The van der Waals surface area contributed by atoms with E-state index in [0.717, 1.165) is 25.9 Å². The van der Waals surface area contributed by atoms with Gasteiger partial charge in [-0.3, -0.25) is 0 Å². The molecule has 0 aromatic carbocycles. The van der Waals surface area contributed by atoms with Crippen LogP contribution in [-0.4, -0.2) is 63.4 Å². The number of carbonyl (C=O) groups is 1. The Kier molecular flexibility index (Phi) is 7.41. The van der Waals surface area contributed by atoms with Gasteiger partial charge in [-0.1, -0.05) is 0 Å². The Hall–Kier alpha value is -0.860. The van der Waals surface area contributed by atoms with Gasteiger partial charge in [-0.05, 0) is 33.6 Å².